The lowest BCUT2D eigenvalue weighted by Crippen LogP contribution is -2.18. The molecule has 0 radical (unpaired) electrons. The lowest BCUT2D eigenvalue weighted by molar-refractivity contribution is 0.0952. The summed E-state index contributed by atoms with van der Waals surface area (Å²) < 4.78 is 13.0. The molecule has 0 aromatic heterocycles. The predicted molar refractivity (Wildman–Crippen MR) is 140 cm³/mol. The first-order chi connectivity index (χ1) is 15.7. The van der Waals surface area contributed by atoms with Crippen LogP contribution in [0.15, 0.2) is 61.0 Å². The molecule has 3 aromatic rings. The zero-order valence-electron chi connectivity index (χ0n) is 16.8. The third-order valence-corrected chi connectivity index (χ3v) is 6.66. The van der Waals surface area contributed by atoms with Crippen molar-refractivity contribution in [1.29, 1.82) is 0 Å². The number of aromatic hydroxyl groups is 1. The van der Waals surface area contributed by atoms with Crippen molar-refractivity contribution in [2.45, 2.75) is 6.61 Å². The molecule has 2 N–H and O–H groups in total. The molecule has 33 heavy (non-hydrogen) atoms. The minimum absolute atomic E-state index is 0.0645. The molecule has 172 valence electrons. The molecule has 0 aliphatic heterocycles. The molecular weight excluding hydrogens is 667 g/mol. The first-order valence-electron chi connectivity index (χ1n) is 9.15. The van der Waals surface area contributed by atoms with Gasteiger partial charge in [0, 0.05) is 30.1 Å². The summed E-state index contributed by atoms with van der Waals surface area (Å²) in [5.74, 6) is 0.190. The number of phenolic OH excluding ortho intramolecular Hbond substituents is 1. The second-order valence-corrected chi connectivity index (χ2v) is 10.00. The number of carbonyl (C=O) groups excluding carboxylic acids is 1. The van der Waals surface area contributed by atoms with Crippen molar-refractivity contribution in [2.75, 3.05) is 7.11 Å². The van der Waals surface area contributed by atoms with Crippen molar-refractivity contribution in [3.05, 3.63) is 82.6 Å². The number of amides is 1. The predicted octanol–water partition coefficient (Wildman–Crippen LogP) is 7.34. The highest BCUT2D eigenvalue weighted by Crippen LogP contribution is 2.34. The molecule has 11 heteroatoms. The van der Waals surface area contributed by atoms with E-state index in [2.05, 4.69) is 58.3 Å². The van der Waals surface area contributed by atoms with Crippen LogP contribution in [-0.4, -0.2) is 24.3 Å². The summed E-state index contributed by atoms with van der Waals surface area (Å²) in [7, 11) is 1.52. The van der Waals surface area contributed by atoms with Crippen molar-refractivity contribution < 1.29 is 19.4 Å². The first-order valence-corrected chi connectivity index (χ1v) is 12.3. The van der Waals surface area contributed by atoms with Gasteiger partial charge in [-0.15, -0.1) is 0 Å². The largest absolute Gasteiger partial charge is 0.506 e. The van der Waals surface area contributed by atoms with Gasteiger partial charge in [0.2, 0.25) is 0 Å². The summed E-state index contributed by atoms with van der Waals surface area (Å²) in [4.78, 5) is 12.4. The van der Waals surface area contributed by atoms with Crippen LogP contribution in [0.1, 0.15) is 21.5 Å². The molecule has 0 fully saturated rings. The Hall–Kier alpha value is -1.78. The van der Waals surface area contributed by atoms with Crippen LogP contribution in [0.2, 0.25) is 10.0 Å². The maximum atomic E-state index is 12.4. The number of methoxy groups -OCH3 is 1. The Morgan fingerprint density at radius 1 is 1.09 bits per heavy atom. The van der Waals surface area contributed by atoms with Crippen LogP contribution in [-0.2, 0) is 6.61 Å². The van der Waals surface area contributed by atoms with Crippen molar-refractivity contribution in [3.63, 3.8) is 0 Å². The van der Waals surface area contributed by atoms with Gasteiger partial charge in [0.05, 0.1) is 23.4 Å². The average Bonchev–Trinajstić information content (AvgIpc) is 2.76. The van der Waals surface area contributed by atoms with E-state index in [1.165, 1.54) is 19.4 Å². The van der Waals surface area contributed by atoms with Gasteiger partial charge in [-0.25, -0.2) is 5.43 Å². The second kappa shape index (κ2) is 11.6. The molecule has 0 bridgehead atoms. The number of phenols is 1. The van der Waals surface area contributed by atoms with Crippen molar-refractivity contribution in [3.8, 4) is 17.2 Å². The highest BCUT2D eigenvalue weighted by atomic mass is 79.9. The normalized spacial score (nSPS) is 11.0. The lowest BCUT2D eigenvalue weighted by atomic mass is 10.2. The number of halogens is 5. The third kappa shape index (κ3) is 6.64. The summed E-state index contributed by atoms with van der Waals surface area (Å²) in [6.07, 6.45) is 1.44. The number of hydrogen-bond acceptors (Lipinski definition) is 5. The molecule has 0 heterocycles. The van der Waals surface area contributed by atoms with E-state index >= 15 is 0 Å². The van der Waals surface area contributed by atoms with Gasteiger partial charge in [-0.05, 0) is 68.3 Å². The Bertz CT molecular complexity index is 1240. The Balaban J connectivity index is 1.74. The summed E-state index contributed by atoms with van der Waals surface area (Å²) >= 11 is 22.1. The molecule has 0 aliphatic carbocycles. The van der Waals surface area contributed by atoms with Crippen molar-refractivity contribution >= 4 is 83.1 Å². The van der Waals surface area contributed by atoms with E-state index in [0.717, 1.165) is 5.56 Å². The number of ether oxygens (including phenoxy) is 2. The molecule has 0 atom stereocenters. The minimum Gasteiger partial charge on any atom is -0.506 e. The van der Waals surface area contributed by atoms with Crippen molar-refractivity contribution in [1.82, 2.24) is 5.43 Å². The number of nitrogens with one attached hydrogen (secondary N) is 1. The van der Waals surface area contributed by atoms with Crippen LogP contribution in [0.3, 0.4) is 0 Å². The van der Waals surface area contributed by atoms with Crippen LogP contribution < -0.4 is 14.9 Å². The van der Waals surface area contributed by atoms with Crippen LogP contribution in [0.5, 0.6) is 17.2 Å². The highest BCUT2D eigenvalue weighted by Gasteiger charge is 2.15. The Labute approximate surface area is 225 Å². The molecule has 0 saturated heterocycles. The summed E-state index contributed by atoms with van der Waals surface area (Å²) in [6.45, 7) is 0.216. The molecule has 0 spiro atoms. The highest BCUT2D eigenvalue weighted by molar-refractivity contribution is 9.11. The van der Waals surface area contributed by atoms with E-state index in [4.69, 9.17) is 32.7 Å². The Kier molecular flexibility index (Phi) is 9.06. The number of benzene rings is 3. The van der Waals surface area contributed by atoms with Crippen LogP contribution in [0, 0.1) is 0 Å². The molecule has 1 amide bonds. The Morgan fingerprint density at radius 2 is 1.85 bits per heavy atom. The van der Waals surface area contributed by atoms with E-state index in [-0.39, 0.29) is 17.9 Å². The minimum atomic E-state index is -0.575. The molecule has 0 unspecified atom stereocenters. The quantitative estimate of drug-likeness (QED) is 0.202. The number of carbonyl (C=O) groups is 1. The molecule has 6 nitrogen and oxygen atoms in total. The van der Waals surface area contributed by atoms with Gasteiger partial charge in [0.1, 0.15) is 12.4 Å². The monoisotopic (exact) mass is 678 g/mol. The second-order valence-electron chi connectivity index (χ2n) is 6.53. The topological polar surface area (TPSA) is 80.2 Å². The van der Waals surface area contributed by atoms with Gasteiger partial charge in [-0.2, -0.15) is 5.10 Å². The average molecular weight is 682 g/mol. The van der Waals surface area contributed by atoms with E-state index < -0.39 is 5.91 Å². The fourth-order valence-corrected chi connectivity index (χ4v) is 4.79. The zero-order valence-corrected chi connectivity index (χ0v) is 23.1. The number of hydrogen-bond donors (Lipinski definition) is 2. The maximum Gasteiger partial charge on any atom is 0.275 e. The first kappa shape index (κ1) is 25.8. The molecule has 0 saturated carbocycles. The SMILES string of the molecule is COc1cc(/C=N\NC(=O)c2cc(Br)cc(Br)c2O)c(Br)cc1OCc1ccc(Cl)cc1Cl. The number of nitrogens with zero attached hydrogens (tertiary/aromatic N) is 1. The standard InChI is InChI=1S/C22H15Br3Cl2N2O4/c1-32-19-4-12(9-28-29-22(31)15-5-13(23)6-17(25)21(15)30)16(24)8-20(19)33-10-11-2-3-14(26)7-18(11)27/h2-9,30H,10H2,1H3,(H,29,31)/b28-9-. The molecule has 3 aromatic carbocycles. The van der Waals surface area contributed by atoms with E-state index in [0.29, 0.717) is 40.5 Å². The van der Waals surface area contributed by atoms with Gasteiger partial charge in [-0.1, -0.05) is 45.2 Å². The van der Waals surface area contributed by atoms with Gasteiger partial charge >= 0.3 is 0 Å². The maximum absolute atomic E-state index is 12.4. The fraction of sp³-hybridized carbons (Fsp3) is 0.0909. The summed E-state index contributed by atoms with van der Waals surface area (Å²) in [5.41, 5.74) is 3.86. The van der Waals surface area contributed by atoms with Crippen molar-refractivity contribution in [2.24, 2.45) is 5.10 Å². The van der Waals surface area contributed by atoms with Crippen LogP contribution in [0.4, 0.5) is 0 Å². The lowest BCUT2D eigenvalue weighted by Gasteiger charge is -2.13. The molecular formula is C22H15Br3Cl2N2O4. The van der Waals surface area contributed by atoms with E-state index in [9.17, 15) is 9.90 Å². The van der Waals surface area contributed by atoms with E-state index in [1.54, 1.807) is 36.4 Å². The van der Waals surface area contributed by atoms with E-state index in [1.807, 2.05) is 0 Å². The zero-order chi connectivity index (χ0) is 24.1. The van der Waals surface area contributed by atoms with Gasteiger partial charge in [0.25, 0.3) is 5.91 Å². The third-order valence-electron chi connectivity index (χ3n) is 4.32. The van der Waals surface area contributed by atoms with Crippen LogP contribution >= 0.6 is 71.0 Å². The number of rotatable bonds is 7. The number of hydrazone groups is 1. The van der Waals surface area contributed by atoms with Gasteiger partial charge in [0.15, 0.2) is 11.5 Å². The smallest absolute Gasteiger partial charge is 0.275 e. The molecule has 0 aliphatic rings. The van der Waals surface area contributed by atoms with Gasteiger partial charge < -0.3 is 14.6 Å². The summed E-state index contributed by atoms with van der Waals surface area (Å²) in [6, 6.07) is 11.7. The van der Waals surface area contributed by atoms with Gasteiger partial charge in [-0.3, -0.25) is 4.79 Å². The van der Waals surface area contributed by atoms with Crippen LogP contribution in [0.25, 0.3) is 0 Å². The summed E-state index contributed by atoms with van der Waals surface area (Å²) in [5, 5.41) is 15.1. The molecule has 3 rings (SSSR count). The Morgan fingerprint density at radius 3 is 2.55 bits per heavy atom. The fourth-order valence-electron chi connectivity index (χ4n) is 2.68.